The first kappa shape index (κ1) is 12.4. The molecule has 1 aromatic heterocycles. The highest BCUT2D eigenvalue weighted by Crippen LogP contribution is 2.27. The van der Waals surface area contributed by atoms with Crippen LogP contribution in [0.1, 0.15) is 24.0 Å². The molecule has 1 unspecified atom stereocenters. The zero-order valence-electron chi connectivity index (χ0n) is 11.2. The molecule has 0 spiro atoms. The van der Waals surface area contributed by atoms with Crippen LogP contribution in [-0.4, -0.2) is 4.98 Å². The molecular weight excluding hydrogens is 244 g/mol. The van der Waals surface area contributed by atoms with Crippen molar-refractivity contribution in [2.75, 3.05) is 0 Å². The molecule has 0 saturated carbocycles. The lowest BCUT2D eigenvalue weighted by molar-refractivity contribution is 0.917. The van der Waals surface area contributed by atoms with E-state index in [9.17, 15) is 0 Å². The monoisotopic (exact) mass is 258 g/mol. The summed E-state index contributed by atoms with van der Waals surface area (Å²) in [6.45, 7) is 9.16. The minimum absolute atomic E-state index is 0.270. The number of hydrogen-bond donors (Lipinski definition) is 0. The van der Waals surface area contributed by atoms with Crippen LogP contribution in [0.5, 0.6) is 0 Å². The van der Waals surface area contributed by atoms with E-state index in [4.69, 9.17) is 6.57 Å². The number of aromatic nitrogens is 1. The summed E-state index contributed by atoms with van der Waals surface area (Å²) in [5, 5.41) is 1.16. The molecule has 2 heteroatoms. The molecule has 0 radical (unpaired) electrons. The molecule has 0 fully saturated rings. The van der Waals surface area contributed by atoms with Crippen LogP contribution in [0.4, 0.5) is 5.69 Å². The molecular formula is C18H14N2. The first-order valence-corrected chi connectivity index (χ1v) is 6.60. The quantitative estimate of drug-likeness (QED) is 0.595. The van der Waals surface area contributed by atoms with Gasteiger partial charge in [-0.1, -0.05) is 49.4 Å². The molecule has 0 aliphatic rings. The molecule has 0 aliphatic heterocycles. The smallest absolute Gasteiger partial charge is 0.187 e. The summed E-state index contributed by atoms with van der Waals surface area (Å²) in [5.41, 5.74) is 4.10. The fourth-order valence-electron chi connectivity index (χ4n) is 2.35. The van der Waals surface area contributed by atoms with Crippen molar-refractivity contribution in [2.24, 2.45) is 0 Å². The van der Waals surface area contributed by atoms with Crippen molar-refractivity contribution in [3.63, 3.8) is 0 Å². The first-order chi connectivity index (χ1) is 9.78. The van der Waals surface area contributed by atoms with Crippen LogP contribution in [0.2, 0.25) is 0 Å². The Bertz CT molecular complexity index is 782. The SMILES string of the molecule is [C-]#[N+]c1ccc(C(C)c2cnc3ccccc3c2)cc1. The van der Waals surface area contributed by atoms with E-state index in [2.05, 4.69) is 28.9 Å². The van der Waals surface area contributed by atoms with Gasteiger partial charge in [0, 0.05) is 17.5 Å². The van der Waals surface area contributed by atoms with Crippen LogP contribution in [0.15, 0.2) is 60.8 Å². The lowest BCUT2D eigenvalue weighted by Gasteiger charge is -2.13. The van der Waals surface area contributed by atoms with Crippen molar-refractivity contribution in [3.05, 3.63) is 83.3 Å². The standard InChI is InChI=1S/C18H14N2/c1-13(14-7-9-17(19-2)10-8-14)16-11-15-5-3-4-6-18(15)20-12-16/h3-13H,1H3. The van der Waals surface area contributed by atoms with Crippen molar-refractivity contribution < 1.29 is 0 Å². The van der Waals surface area contributed by atoms with E-state index in [-0.39, 0.29) is 5.92 Å². The fraction of sp³-hybridized carbons (Fsp3) is 0.111. The number of pyridine rings is 1. The van der Waals surface area contributed by atoms with E-state index in [0.29, 0.717) is 5.69 Å². The third kappa shape index (κ3) is 2.26. The van der Waals surface area contributed by atoms with Gasteiger partial charge in [0.1, 0.15) is 0 Å². The summed E-state index contributed by atoms with van der Waals surface area (Å²) in [5.74, 6) is 0.270. The Morgan fingerprint density at radius 2 is 1.75 bits per heavy atom. The van der Waals surface area contributed by atoms with Crippen molar-refractivity contribution >= 4 is 16.6 Å². The van der Waals surface area contributed by atoms with Gasteiger partial charge in [0.2, 0.25) is 0 Å². The summed E-state index contributed by atoms with van der Waals surface area (Å²) in [7, 11) is 0. The van der Waals surface area contributed by atoms with Gasteiger partial charge < -0.3 is 0 Å². The maximum atomic E-state index is 6.99. The van der Waals surface area contributed by atoms with Gasteiger partial charge in [-0.05, 0) is 23.3 Å². The van der Waals surface area contributed by atoms with Crippen LogP contribution >= 0.6 is 0 Å². The molecule has 0 bridgehead atoms. The second kappa shape index (κ2) is 5.14. The maximum Gasteiger partial charge on any atom is 0.187 e. The average molecular weight is 258 g/mol. The second-order valence-corrected chi connectivity index (χ2v) is 4.89. The van der Waals surface area contributed by atoms with Crippen molar-refractivity contribution in [2.45, 2.75) is 12.8 Å². The number of rotatable bonds is 2. The number of benzene rings is 2. The molecule has 3 rings (SSSR count). The van der Waals surface area contributed by atoms with Gasteiger partial charge in [-0.15, -0.1) is 0 Å². The third-order valence-electron chi connectivity index (χ3n) is 3.63. The van der Waals surface area contributed by atoms with Crippen LogP contribution in [0.25, 0.3) is 15.7 Å². The summed E-state index contributed by atoms with van der Waals surface area (Å²) >= 11 is 0. The molecule has 2 nitrogen and oxygen atoms in total. The molecule has 20 heavy (non-hydrogen) atoms. The van der Waals surface area contributed by atoms with E-state index >= 15 is 0 Å². The minimum Gasteiger partial charge on any atom is -0.256 e. The first-order valence-electron chi connectivity index (χ1n) is 6.60. The predicted octanol–water partition coefficient (Wildman–Crippen LogP) is 4.94. The van der Waals surface area contributed by atoms with E-state index in [0.717, 1.165) is 10.9 Å². The van der Waals surface area contributed by atoms with E-state index < -0.39 is 0 Å². The Morgan fingerprint density at radius 1 is 1.00 bits per heavy atom. The molecule has 0 saturated heterocycles. The predicted molar refractivity (Wildman–Crippen MR) is 82.0 cm³/mol. The number of hydrogen-bond acceptors (Lipinski definition) is 1. The normalized spacial score (nSPS) is 12.0. The Balaban J connectivity index is 1.98. The number of fused-ring (bicyclic) bond motifs is 1. The van der Waals surface area contributed by atoms with Crippen LogP contribution in [0, 0.1) is 6.57 Å². The minimum atomic E-state index is 0.270. The van der Waals surface area contributed by atoms with Crippen molar-refractivity contribution in [1.29, 1.82) is 0 Å². The van der Waals surface area contributed by atoms with Gasteiger partial charge in [0.15, 0.2) is 5.69 Å². The van der Waals surface area contributed by atoms with Gasteiger partial charge in [0.05, 0.1) is 12.1 Å². The van der Waals surface area contributed by atoms with Crippen LogP contribution < -0.4 is 0 Å². The fourth-order valence-corrected chi connectivity index (χ4v) is 2.35. The third-order valence-corrected chi connectivity index (χ3v) is 3.63. The Labute approximate surface area is 118 Å². The molecule has 0 aliphatic carbocycles. The van der Waals surface area contributed by atoms with Gasteiger partial charge in [-0.25, -0.2) is 4.85 Å². The zero-order chi connectivity index (χ0) is 13.9. The molecule has 0 amide bonds. The summed E-state index contributed by atoms with van der Waals surface area (Å²) < 4.78 is 0. The van der Waals surface area contributed by atoms with Crippen molar-refractivity contribution in [3.8, 4) is 0 Å². The summed E-state index contributed by atoms with van der Waals surface area (Å²) in [6.07, 6.45) is 1.94. The Morgan fingerprint density at radius 3 is 2.50 bits per heavy atom. The van der Waals surface area contributed by atoms with E-state index in [1.54, 1.807) is 0 Å². The van der Waals surface area contributed by atoms with E-state index in [1.165, 1.54) is 11.1 Å². The van der Waals surface area contributed by atoms with Crippen molar-refractivity contribution in [1.82, 2.24) is 4.98 Å². The number of nitrogens with zero attached hydrogens (tertiary/aromatic N) is 2. The number of para-hydroxylation sites is 1. The lowest BCUT2D eigenvalue weighted by atomic mass is 9.93. The highest BCUT2D eigenvalue weighted by atomic mass is 14.7. The summed E-state index contributed by atoms with van der Waals surface area (Å²) in [6, 6.07) is 18.1. The molecule has 0 N–H and O–H groups in total. The topological polar surface area (TPSA) is 17.2 Å². The largest absolute Gasteiger partial charge is 0.256 e. The van der Waals surface area contributed by atoms with E-state index in [1.807, 2.05) is 48.7 Å². The lowest BCUT2D eigenvalue weighted by Crippen LogP contribution is -1.96. The van der Waals surface area contributed by atoms with Gasteiger partial charge in [-0.2, -0.15) is 0 Å². The maximum absolute atomic E-state index is 6.99. The molecule has 1 atom stereocenters. The van der Waals surface area contributed by atoms with Gasteiger partial charge in [0.25, 0.3) is 0 Å². The molecule has 3 aromatic rings. The molecule has 96 valence electrons. The Kier molecular flexibility index (Phi) is 3.18. The highest BCUT2D eigenvalue weighted by molar-refractivity contribution is 5.79. The Hall–Kier alpha value is -2.66. The van der Waals surface area contributed by atoms with Crippen LogP contribution in [0.3, 0.4) is 0 Å². The molecule has 2 aromatic carbocycles. The average Bonchev–Trinajstić information content (AvgIpc) is 2.54. The van der Waals surface area contributed by atoms with Crippen LogP contribution in [-0.2, 0) is 0 Å². The summed E-state index contributed by atoms with van der Waals surface area (Å²) in [4.78, 5) is 7.94. The highest BCUT2D eigenvalue weighted by Gasteiger charge is 2.09. The molecule has 1 heterocycles. The van der Waals surface area contributed by atoms with Gasteiger partial charge >= 0.3 is 0 Å². The second-order valence-electron chi connectivity index (χ2n) is 4.89. The van der Waals surface area contributed by atoms with Gasteiger partial charge in [-0.3, -0.25) is 4.98 Å². The zero-order valence-corrected chi connectivity index (χ0v) is 11.2.